The van der Waals surface area contributed by atoms with E-state index < -0.39 is 37.8 Å². The SMILES string of the molecule is CC(C)OC[C@@]1(CN)O[C@@H](C)[C@@H](N)C1OP(=O)(O)OC[C@H]1O[C@@H](C)CC1OC(C)C. The zero-order chi connectivity index (χ0) is 22.7. The van der Waals surface area contributed by atoms with Crippen LogP contribution < -0.4 is 11.5 Å². The standard InChI is InChI=1S/C19H39N2O8P/c1-11(2)24-10-19(9-20)18(17(21)14(6)28-19)29-30(22,23)25-8-16-15(26-12(3)4)7-13(5)27-16/h11-18H,7-10,20-21H2,1-6H3,(H,22,23)/t13-,14-,15?,16+,17+,18?,19+/m0/s1. The van der Waals surface area contributed by atoms with E-state index in [-0.39, 0.29) is 44.2 Å². The molecule has 5 N–H and O–H groups in total. The molecule has 2 aliphatic rings. The molecule has 2 rings (SSSR count). The van der Waals surface area contributed by atoms with Crippen molar-refractivity contribution in [3.8, 4) is 0 Å². The Balaban J connectivity index is 2.05. The van der Waals surface area contributed by atoms with Crippen LogP contribution in [0.4, 0.5) is 0 Å². The fourth-order valence-electron chi connectivity index (χ4n) is 3.83. The minimum Gasteiger partial charge on any atom is -0.376 e. The zero-order valence-electron chi connectivity index (χ0n) is 18.9. The Hall–Kier alpha value is -0.130. The molecule has 2 aliphatic heterocycles. The highest BCUT2D eigenvalue weighted by molar-refractivity contribution is 7.47. The van der Waals surface area contributed by atoms with Crippen molar-refractivity contribution in [3.05, 3.63) is 0 Å². The van der Waals surface area contributed by atoms with Crippen molar-refractivity contribution in [1.82, 2.24) is 0 Å². The van der Waals surface area contributed by atoms with Crippen LogP contribution in [0.1, 0.15) is 48.0 Å². The van der Waals surface area contributed by atoms with Crippen LogP contribution in [0.5, 0.6) is 0 Å². The predicted molar refractivity (Wildman–Crippen MR) is 111 cm³/mol. The first-order chi connectivity index (χ1) is 13.9. The van der Waals surface area contributed by atoms with E-state index in [4.69, 9.17) is 39.5 Å². The molecule has 30 heavy (non-hydrogen) atoms. The second-order valence-electron chi connectivity index (χ2n) is 8.76. The summed E-state index contributed by atoms with van der Waals surface area (Å²) in [5.74, 6) is 0. The third-order valence-electron chi connectivity index (χ3n) is 5.32. The van der Waals surface area contributed by atoms with Crippen molar-refractivity contribution in [1.29, 1.82) is 0 Å². The van der Waals surface area contributed by atoms with Crippen LogP contribution in [0, 0.1) is 0 Å². The lowest BCUT2D eigenvalue weighted by molar-refractivity contribution is -0.126. The molecule has 11 heteroatoms. The van der Waals surface area contributed by atoms with Gasteiger partial charge < -0.3 is 35.3 Å². The lowest BCUT2D eigenvalue weighted by atomic mass is 9.94. The smallest absolute Gasteiger partial charge is 0.376 e. The Labute approximate surface area is 179 Å². The topological polar surface area (TPSA) is 145 Å². The van der Waals surface area contributed by atoms with Gasteiger partial charge in [-0.3, -0.25) is 9.05 Å². The molecule has 2 saturated heterocycles. The third-order valence-corrected chi connectivity index (χ3v) is 6.29. The summed E-state index contributed by atoms with van der Waals surface area (Å²) in [7, 11) is -4.49. The number of phosphoric ester groups is 1. The summed E-state index contributed by atoms with van der Waals surface area (Å²) in [6, 6.07) is -0.673. The van der Waals surface area contributed by atoms with Crippen LogP contribution in [0.2, 0.25) is 0 Å². The maximum absolute atomic E-state index is 12.8. The molecule has 8 atom stereocenters. The highest BCUT2D eigenvalue weighted by Crippen LogP contribution is 2.49. The first-order valence-corrected chi connectivity index (χ1v) is 12.1. The van der Waals surface area contributed by atoms with Crippen LogP contribution in [-0.4, -0.2) is 79.0 Å². The molecule has 0 amide bonds. The highest BCUT2D eigenvalue weighted by atomic mass is 31.2. The van der Waals surface area contributed by atoms with Crippen molar-refractivity contribution in [2.75, 3.05) is 19.8 Å². The van der Waals surface area contributed by atoms with Crippen molar-refractivity contribution >= 4 is 7.82 Å². The van der Waals surface area contributed by atoms with Gasteiger partial charge in [0.2, 0.25) is 0 Å². The van der Waals surface area contributed by atoms with Gasteiger partial charge in [0.15, 0.2) is 0 Å². The summed E-state index contributed by atoms with van der Waals surface area (Å²) in [4.78, 5) is 10.4. The second kappa shape index (κ2) is 10.7. The van der Waals surface area contributed by atoms with Crippen LogP contribution in [0.3, 0.4) is 0 Å². The van der Waals surface area contributed by atoms with E-state index in [9.17, 15) is 9.46 Å². The molecular weight excluding hydrogens is 415 g/mol. The molecule has 0 aromatic carbocycles. The lowest BCUT2D eigenvalue weighted by Gasteiger charge is -2.34. The number of rotatable bonds is 11. The number of phosphoric acid groups is 1. The molecule has 0 bridgehead atoms. The Morgan fingerprint density at radius 2 is 1.90 bits per heavy atom. The molecule has 3 unspecified atom stereocenters. The van der Waals surface area contributed by atoms with Gasteiger partial charge in [0.25, 0.3) is 0 Å². The van der Waals surface area contributed by atoms with Gasteiger partial charge in [-0.15, -0.1) is 0 Å². The number of hydrogen-bond donors (Lipinski definition) is 3. The van der Waals surface area contributed by atoms with Gasteiger partial charge >= 0.3 is 7.82 Å². The summed E-state index contributed by atoms with van der Waals surface area (Å²) in [6.07, 6.45) is -1.52. The molecule has 178 valence electrons. The van der Waals surface area contributed by atoms with Crippen LogP contribution in [0.15, 0.2) is 0 Å². The fraction of sp³-hybridized carbons (Fsp3) is 1.00. The first-order valence-electron chi connectivity index (χ1n) is 10.6. The van der Waals surface area contributed by atoms with Gasteiger partial charge in [-0.25, -0.2) is 4.57 Å². The monoisotopic (exact) mass is 454 g/mol. The minimum atomic E-state index is -4.49. The average molecular weight is 455 g/mol. The Morgan fingerprint density at radius 1 is 1.23 bits per heavy atom. The van der Waals surface area contributed by atoms with E-state index in [0.717, 1.165) is 0 Å². The Morgan fingerprint density at radius 3 is 2.47 bits per heavy atom. The van der Waals surface area contributed by atoms with Crippen LogP contribution >= 0.6 is 7.82 Å². The van der Waals surface area contributed by atoms with Gasteiger partial charge in [-0.1, -0.05) is 0 Å². The van der Waals surface area contributed by atoms with E-state index in [1.165, 1.54) is 0 Å². The maximum atomic E-state index is 12.8. The minimum absolute atomic E-state index is 0.00447. The molecule has 0 radical (unpaired) electrons. The van der Waals surface area contributed by atoms with Gasteiger partial charge in [0, 0.05) is 13.0 Å². The largest absolute Gasteiger partial charge is 0.472 e. The third kappa shape index (κ3) is 6.68. The van der Waals surface area contributed by atoms with Crippen molar-refractivity contribution < 1.29 is 37.5 Å². The number of nitrogens with two attached hydrogens (primary N) is 2. The normalized spacial score (nSPS) is 39.2. The molecule has 0 aromatic rings. The highest BCUT2D eigenvalue weighted by Gasteiger charge is 2.55. The zero-order valence-corrected chi connectivity index (χ0v) is 19.7. The second-order valence-corrected chi connectivity index (χ2v) is 10.2. The van der Waals surface area contributed by atoms with E-state index in [1.54, 1.807) is 6.92 Å². The quantitative estimate of drug-likeness (QED) is 0.391. The molecule has 0 aliphatic carbocycles. The van der Waals surface area contributed by atoms with Crippen molar-refractivity contribution in [3.63, 3.8) is 0 Å². The molecule has 10 nitrogen and oxygen atoms in total. The first kappa shape index (κ1) is 26.1. The maximum Gasteiger partial charge on any atom is 0.472 e. The molecule has 2 fully saturated rings. The van der Waals surface area contributed by atoms with Crippen LogP contribution in [0.25, 0.3) is 0 Å². The molecular formula is C19H39N2O8P. The summed E-state index contributed by atoms with van der Waals surface area (Å²) >= 11 is 0. The predicted octanol–water partition coefficient (Wildman–Crippen LogP) is 1.33. The Bertz CT molecular complexity index is 595. The summed E-state index contributed by atoms with van der Waals surface area (Å²) < 4.78 is 46.8. The fourth-order valence-corrected chi connectivity index (χ4v) is 4.84. The van der Waals surface area contributed by atoms with Gasteiger partial charge in [-0.05, 0) is 41.5 Å². The molecule has 0 aromatic heterocycles. The van der Waals surface area contributed by atoms with Gasteiger partial charge in [-0.2, -0.15) is 0 Å². The summed E-state index contributed by atoms with van der Waals surface area (Å²) in [5.41, 5.74) is 11.0. The average Bonchev–Trinajstić information content (AvgIpc) is 3.09. The van der Waals surface area contributed by atoms with Gasteiger partial charge in [0.05, 0.1) is 49.8 Å². The number of hydrogen-bond acceptors (Lipinski definition) is 9. The van der Waals surface area contributed by atoms with Crippen molar-refractivity contribution in [2.45, 2.75) is 102 Å². The number of ether oxygens (including phenoxy) is 4. The van der Waals surface area contributed by atoms with E-state index in [1.807, 2.05) is 34.6 Å². The molecule has 0 saturated carbocycles. The van der Waals surface area contributed by atoms with E-state index >= 15 is 0 Å². The van der Waals surface area contributed by atoms with Crippen molar-refractivity contribution in [2.24, 2.45) is 11.5 Å². The molecule has 2 heterocycles. The summed E-state index contributed by atoms with van der Waals surface area (Å²) in [5, 5.41) is 0. The lowest BCUT2D eigenvalue weighted by Crippen LogP contribution is -2.55. The summed E-state index contributed by atoms with van der Waals surface area (Å²) in [6.45, 7) is 11.2. The van der Waals surface area contributed by atoms with Gasteiger partial charge in [0.1, 0.15) is 17.8 Å². The van der Waals surface area contributed by atoms with E-state index in [2.05, 4.69) is 0 Å². The molecule has 0 spiro atoms. The Kier molecular flexibility index (Phi) is 9.28. The van der Waals surface area contributed by atoms with Crippen LogP contribution in [-0.2, 0) is 32.6 Å². The van der Waals surface area contributed by atoms with E-state index in [0.29, 0.717) is 6.42 Å².